The van der Waals surface area contributed by atoms with Gasteiger partial charge in [0.1, 0.15) is 0 Å². The third-order valence-electron chi connectivity index (χ3n) is 1.76. The van der Waals surface area contributed by atoms with Crippen LogP contribution in [0.2, 0.25) is 0 Å². The number of nitro groups is 2. The molecule has 0 heterocycles. The minimum absolute atomic E-state index is 0.164. The summed E-state index contributed by atoms with van der Waals surface area (Å²) >= 11 is 0. The van der Waals surface area contributed by atoms with Gasteiger partial charge >= 0.3 is 0 Å². The van der Waals surface area contributed by atoms with Crippen LogP contribution in [-0.4, -0.2) is 20.3 Å². The molecule has 0 saturated carbocycles. The summed E-state index contributed by atoms with van der Waals surface area (Å²) in [5.41, 5.74) is -4.09. The summed E-state index contributed by atoms with van der Waals surface area (Å²) in [5.74, 6) is -3.26. The number of nitro benzene ring substituents is 2. The van der Waals surface area contributed by atoms with Crippen LogP contribution < -0.4 is 15.4 Å². The molecule has 0 saturated heterocycles. The quantitative estimate of drug-likeness (QED) is 0.511. The number of rotatable bonds is 3. The van der Waals surface area contributed by atoms with Crippen molar-refractivity contribution >= 4 is 17.1 Å². The molecule has 11 nitrogen and oxygen atoms in total. The second kappa shape index (κ2) is 4.07. The minimum atomic E-state index is -1.63. The predicted octanol–water partition coefficient (Wildman–Crippen LogP) is -0.765. The molecule has 11 heteroatoms. The highest BCUT2D eigenvalue weighted by Crippen LogP contribution is 2.44. The largest absolute Gasteiger partial charge is 0.866 e. The van der Waals surface area contributed by atoms with Crippen LogP contribution in [-0.2, 0) is 0 Å². The molecular formula is C6H3N3O8-2. The fourth-order valence-electron chi connectivity index (χ4n) is 1.06. The summed E-state index contributed by atoms with van der Waals surface area (Å²) in [6.07, 6.45) is 0. The Kier molecular flexibility index (Phi) is 2.97. The van der Waals surface area contributed by atoms with Crippen molar-refractivity contribution in [3.05, 3.63) is 26.3 Å². The van der Waals surface area contributed by atoms with Gasteiger partial charge in [-0.2, -0.15) is 0 Å². The van der Waals surface area contributed by atoms with Gasteiger partial charge in [-0.3, -0.25) is 30.6 Å². The fraction of sp³-hybridized carbons (Fsp3) is 0. The average Bonchev–Trinajstić information content (AvgIpc) is 2.15. The second-order valence-electron chi connectivity index (χ2n) is 2.73. The number of nitrogens with zero attached hydrogens (tertiary/aromatic N) is 3. The van der Waals surface area contributed by atoms with Crippen molar-refractivity contribution in [3.63, 3.8) is 0 Å². The molecule has 0 atom stereocenters. The summed E-state index contributed by atoms with van der Waals surface area (Å²) in [6, 6.07) is 0.164. The van der Waals surface area contributed by atoms with Crippen LogP contribution >= 0.6 is 0 Å². The Bertz CT molecular complexity index is 460. The molecule has 92 valence electrons. The zero-order valence-electron chi connectivity index (χ0n) is 7.76. The topological polar surface area (TPSA) is 176 Å². The molecule has 1 aromatic rings. The first-order valence-corrected chi connectivity index (χ1v) is 3.79. The highest BCUT2D eigenvalue weighted by molar-refractivity contribution is 5.77. The molecule has 0 unspecified atom stereocenters. The average molecular weight is 245 g/mol. The van der Waals surface area contributed by atoms with E-state index < -0.39 is 43.6 Å². The lowest BCUT2D eigenvalue weighted by Crippen LogP contribution is -2.18. The van der Waals surface area contributed by atoms with Gasteiger partial charge in [-0.05, 0) is 0 Å². The van der Waals surface area contributed by atoms with Crippen LogP contribution in [0, 0.1) is 20.2 Å². The van der Waals surface area contributed by atoms with E-state index in [1.165, 1.54) is 0 Å². The van der Waals surface area contributed by atoms with E-state index in [1.54, 1.807) is 0 Å². The molecule has 0 fully saturated rings. The first-order valence-electron chi connectivity index (χ1n) is 3.79. The van der Waals surface area contributed by atoms with Gasteiger partial charge in [0.05, 0.1) is 21.6 Å². The molecule has 2 N–H and O–H groups in total. The van der Waals surface area contributed by atoms with E-state index in [4.69, 9.17) is 10.4 Å². The molecule has 0 aliphatic rings. The highest BCUT2D eigenvalue weighted by atomic mass is 16.8. The number of benzene rings is 1. The Hall–Kier alpha value is -2.66. The SMILES string of the molecule is O=[N+]([O-])c1cc([N+](=O)[O-])c([O-])c(N(O)O)c1[O-]. The molecule has 17 heavy (non-hydrogen) atoms. The maximum atomic E-state index is 11.2. The Labute approximate surface area is 91.6 Å². The molecule has 0 aliphatic carbocycles. The van der Waals surface area contributed by atoms with Gasteiger partial charge in [0.2, 0.25) is 0 Å². The number of anilines is 1. The van der Waals surface area contributed by atoms with Gasteiger partial charge in [-0.25, -0.2) is 0 Å². The van der Waals surface area contributed by atoms with Gasteiger partial charge in [0.25, 0.3) is 11.4 Å². The number of hydrogen-bond acceptors (Lipinski definition) is 9. The molecule has 0 aliphatic heterocycles. The highest BCUT2D eigenvalue weighted by Gasteiger charge is 2.23. The monoisotopic (exact) mass is 245 g/mol. The van der Waals surface area contributed by atoms with Gasteiger partial charge in [0, 0.05) is 11.5 Å². The maximum Gasteiger partial charge on any atom is 0.270 e. The van der Waals surface area contributed by atoms with Crippen molar-refractivity contribution in [1.82, 2.24) is 0 Å². The van der Waals surface area contributed by atoms with E-state index in [1.807, 2.05) is 0 Å². The van der Waals surface area contributed by atoms with E-state index in [2.05, 4.69) is 0 Å². The smallest absolute Gasteiger partial charge is 0.270 e. The Balaban J connectivity index is 3.69. The predicted molar refractivity (Wildman–Crippen MR) is 44.7 cm³/mol. The Morgan fingerprint density at radius 3 is 1.59 bits per heavy atom. The van der Waals surface area contributed by atoms with Crippen molar-refractivity contribution in [3.8, 4) is 11.5 Å². The summed E-state index contributed by atoms with van der Waals surface area (Å²) in [4.78, 5) is 18.2. The summed E-state index contributed by atoms with van der Waals surface area (Å²) in [5, 5.41) is 59.3. The first kappa shape index (κ1) is 12.4. The van der Waals surface area contributed by atoms with Crippen LogP contribution in [0.3, 0.4) is 0 Å². The van der Waals surface area contributed by atoms with Gasteiger partial charge in [0.15, 0.2) is 0 Å². The normalized spacial score (nSPS) is 10.0. The molecule has 0 radical (unpaired) electrons. The molecule has 0 aromatic heterocycles. The number of hydrogen-bond donors (Lipinski definition) is 2. The fourth-order valence-corrected chi connectivity index (χ4v) is 1.06. The van der Waals surface area contributed by atoms with E-state index in [-0.39, 0.29) is 6.07 Å². The van der Waals surface area contributed by atoms with Crippen molar-refractivity contribution in [1.29, 1.82) is 0 Å². The third kappa shape index (κ3) is 1.99. The standard InChI is InChI=1S/C6H5N3O8/c10-5-2(7(12)13)1-3(8(14)15)6(11)4(5)9(16)17/h1,10-11,16-17H/p-2. The molecule has 1 rings (SSSR count). The van der Waals surface area contributed by atoms with E-state index in [0.29, 0.717) is 0 Å². The Morgan fingerprint density at radius 2 is 1.35 bits per heavy atom. The lowest BCUT2D eigenvalue weighted by molar-refractivity contribution is -0.409. The Morgan fingerprint density at radius 1 is 1.00 bits per heavy atom. The molecule has 0 spiro atoms. The van der Waals surface area contributed by atoms with Gasteiger partial charge < -0.3 is 10.2 Å². The van der Waals surface area contributed by atoms with E-state index in [0.717, 1.165) is 0 Å². The first-order chi connectivity index (χ1) is 7.77. The molecule has 0 bridgehead atoms. The van der Waals surface area contributed by atoms with E-state index >= 15 is 0 Å². The molecular weight excluding hydrogens is 242 g/mol. The zero-order chi connectivity index (χ0) is 13.3. The summed E-state index contributed by atoms with van der Waals surface area (Å²) in [6.45, 7) is 0. The lowest BCUT2D eigenvalue weighted by atomic mass is 10.2. The summed E-state index contributed by atoms with van der Waals surface area (Å²) < 4.78 is 0. The van der Waals surface area contributed by atoms with Crippen LogP contribution in [0.1, 0.15) is 0 Å². The van der Waals surface area contributed by atoms with Crippen molar-refractivity contribution in [2.24, 2.45) is 0 Å². The zero-order valence-corrected chi connectivity index (χ0v) is 7.76. The maximum absolute atomic E-state index is 11.2. The van der Waals surface area contributed by atoms with Crippen LogP contribution in [0.15, 0.2) is 6.07 Å². The van der Waals surface area contributed by atoms with Crippen LogP contribution in [0.5, 0.6) is 11.5 Å². The van der Waals surface area contributed by atoms with Crippen LogP contribution in [0.25, 0.3) is 0 Å². The van der Waals surface area contributed by atoms with Crippen LogP contribution in [0.4, 0.5) is 17.1 Å². The lowest BCUT2D eigenvalue weighted by Gasteiger charge is -2.22. The van der Waals surface area contributed by atoms with E-state index in [9.17, 15) is 30.4 Å². The van der Waals surface area contributed by atoms with Gasteiger partial charge in [-0.1, -0.05) is 0 Å². The molecule has 0 amide bonds. The van der Waals surface area contributed by atoms with Gasteiger partial charge in [-0.15, -0.1) is 5.23 Å². The molecule has 1 aromatic carbocycles. The summed E-state index contributed by atoms with van der Waals surface area (Å²) in [7, 11) is 0. The third-order valence-corrected chi connectivity index (χ3v) is 1.76. The van der Waals surface area contributed by atoms with Crippen molar-refractivity contribution in [2.75, 3.05) is 5.23 Å². The second-order valence-corrected chi connectivity index (χ2v) is 2.73. The van der Waals surface area contributed by atoms with Crippen molar-refractivity contribution < 1.29 is 30.5 Å². The van der Waals surface area contributed by atoms with Crippen molar-refractivity contribution in [2.45, 2.75) is 0 Å². The minimum Gasteiger partial charge on any atom is -0.866 e.